The quantitative estimate of drug-likeness (QED) is 0.915. The second-order valence-corrected chi connectivity index (χ2v) is 5.73. The summed E-state index contributed by atoms with van der Waals surface area (Å²) in [6.07, 6.45) is 0.0713. The minimum atomic E-state index is -0.980. The largest absolute Gasteiger partial charge is 0.481 e. The predicted octanol–water partition coefficient (Wildman–Crippen LogP) is 1.61. The summed E-state index contributed by atoms with van der Waals surface area (Å²) in [5.41, 5.74) is 1.62. The number of carboxylic acid groups (broad SMARTS) is 1. The molecule has 7 nitrogen and oxygen atoms in total. The molecule has 2 aliphatic heterocycles. The van der Waals surface area contributed by atoms with Gasteiger partial charge < -0.3 is 14.7 Å². The van der Waals surface area contributed by atoms with Crippen molar-refractivity contribution < 1.29 is 24.2 Å². The SMILES string of the molecule is O=C(O)CCC(=O)N1CCC2COC(=O)N2c2ccccc2C1. The Labute approximate surface area is 133 Å². The Kier molecular flexibility index (Phi) is 4.18. The van der Waals surface area contributed by atoms with Crippen LogP contribution in [0.1, 0.15) is 24.8 Å². The van der Waals surface area contributed by atoms with Gasteiger partial charge in [-0.2, -0.15) is 0 Å². The number of para-hydroxylation sites is 1. The number of benzene rings is 1. The molecule has 1 saturated heterocycles. The monoisotopic (exact) mass is 318 g/mol. The number of ether oxygens (including phenoxy) is 1. The third-order valence-corrected chi connectivity index (χ3v) is 4.21. The van der Waals surface area contributed by atoms with Gasteiger partial charge in [0.1, 0.15) is 6.61 Å². The molecule has 1 aromatic carbocycles. The molecular formula is C16H18N2O5. The van der Waals surface area contributed by atoms with Crippen molar-refractivity contribution in [3.8, 4) is 0 Å². The van der Waals surface area contributed by atoms with E-state index >= 15 is 0 Å². The van der Waals surface area contributed by atoms with Gasteiger partial charge in [0.25, 0.3) is 0 Å². The molecule has 1 atom stereocenters. The van der Waals surface area contributed by atoms with E-state index < -0.39 is 5.97 Å². The number of amides is 2. The van der Waals surface area contributed by atoms with Crippen LogP contribution in [0.5, 0.6) is 0 Å². The van der Waals surface area contributed by atoms with Crippen molar-refractivity contribution in [2.75, 3.05) is 18.1 Å². The Morgan fingerprint density at radius 3 is 2.83 bits per heavy atom. The molecule has 2 aliphatic rings. The molecule has 0 saturated carbocycles. The van der Waals surface area contributed by atoms with E-state index in [0.29, 0.717) is 26.1 Å². The topological polar surface area (TPSA) is 87.1 Å². The Balaban J connectivity index is 1.85. The maximum atomic E-state index is 12.3. The van der Waals surface area contributed by atoms with Crippen molar-refractivity contribution in [2.45, 2.75) is 31.8 Å². The van der Waals surface area contributed by atoms with E-state index in [9.17, 15) is 14.4 Å². The number of hydrogen-bond donors (Lipinski definition) is 1. The number of nitrogens with zero attached hydrogens (tertiary/aromatic N) is 2. The molecule has 1 aromatic rings. The predicted molar refractivity (Wildman–Crippen MR) is 81.0 cm³/mol. The highest BCUT2D eigenvalue weighted by molar-refractivity contribution is 5.91. The van der Waals surface area contributed by atoms with E-state index in [1.54, 1.807) is 9.80 Å². The molecule has 0 aromatic heterocycles. The van der Waals surface area contributed by atoms with Crippen molar-refractivity contribution >= 4 is 23.7 Å². The lowest BCUT2D eigenvalue weighted by Gasteiger charge is -2.32. The highest BCUT2D eigenvalue weighted by atomic mass is 16.6. The van der Waals surface area contributed by atoms with E-state index in [-0.39, 0.29) is 30.9 Å². The fourth-order valence-corrected chi connectivity index (χ4v) is 3.02. The minimum absolute atomic E-state index is 0.0126. The van der Waals surface area contributed by atoms with Gasteiger partial charge in [-0.25, -0.2) is 4.79 Å². The van der Waals surface area contributed by atoms with Crippen molar-refractivity contribution in [1.82, 2.24) is 4.90 Å². The van der Waals surface area contributed by atoms with Gasteiger partial charge in [-0.05, 0) is 18.1 Å². The lowest BCUT2D eigenvalue weighted by molar-refractivity contribution is -0.141. The first-order valence-corrected chi connectivity index (χ1v) is 7.59. The number of hydrogen-bond acceptors (Lipinski definition) is 4. The molecule has 1 unspecified atom stereocenters. The summed E-state index contributed by atoms with van der Waals surface area (Å²) >= 11 is 0. The third kappa shape index (κ3) is 3.13. The van der Waals surface area contributed by atoms with Crippen LogP contribution < -0.4 is 4.90 Å². The molecule has 0 bridgehead atoms. The number of carbonyl (C=O) groups excluding carboxylic acids is 2. The molecule has 2 heterocycles. The first kappa shape index (κ1) is 15.3. The van der Waals surface area contributed by atoms with Gasteiger partial charge in [0, 0.05) is 19.5 Å². The van der Waals surface area contributed by atoms with Gasteiger partial charge in [-0.15, -0.1) is 0 Å². The lowest BCUT2D eigenvalue weighted by Crippen LogP contribution is -2.42. The van der Waals surface area contributed by atoms with Crippen molar-refractivity contribution in [3.05, 3.63) is 29.8 Å². The van der Waals surface area contributed by atoms with Gasteiger partial charge >= 0.3 is 12.1 Å². The van der Waals surface area contributed by atoms with Gasteiger partial charge in [-0.3, -0.25) is 14.5 Å². The summed E-state index contributed by atoms with van der Waals surface area (Å²) in [4.78, 5) is 38.3. The first-order chi connectivity index (χ1) is 11.1. The standard InChI is InChI=1S/C16H18N2O5/c19-14(5-6-15(20)21)17-8-7-12-10-23-16(22)18(12)13-4-2-1-3-11(13)9-17/h1-4,12H,5-10H2,(H,20,21). The van der Waals surface area contributed by atoms with Crippen LogP contribution in [0.4, 0.5) is 10.5 Å². The van der Waals surface area contributed by atoms with Crippen LogP contribution in [0.3, 0.4) is 0 Å². The second kappa shape index (κ2) is 6.28. The van der Waals surface area contributed by atoms with E-state index in [1.165, 1.54) is 0 Å². The highest BCUT2D eigenvalue weighted by Gasteiger charge is 2.37. The van der Waals surface area contributed by atoms with Crippen molar-refractivity contribution in [3.63, 3.8) is 0 Å². The van der Waals surface area contributed by atoms with Gasteiger partial charge in [0.2, 0.25) is 5.91 Å². The number of carbonyl (C=O) groups is 3. The van der Waals surface area contributed by atoms with Crippen LogP contribution in [0.2, 0.25) is 0 Å². The van der Waals surface area contributed by atoms with Crippen LogP contribution in [0.15, 0.2) is 24.3 Å². The van der Waals surface area contributed by atoms with Crippen LogP contribution in [-0.2, 0) is 20.9 Å². The lowest BCUT2D eigenvalue weighted by atomic mass is 10.0. The Bertz CT molecular complexity index is 645. The van der Waals surface area contributed by atoms with Crippen LogP contribution in [0.25, 0.3) is 0 Å². The fraction of sp³-hybridized carbons (Fsp3) is 0.438. The van der Waals surface area contributed by atoms with Crippen LogP contribution in [0, 0.1) is 0 Å². The van der Waals surface area contributed by atoms with Gasteiger partial charge in [0.15, 0.2) is 0 Å². The summed E-state index contributed by atoms with van der Waals surface area (Å²) in [5, 5.41) is 8.74. The van der Waals surface area contributed by atoms with Crippen LogP contribution in [-0.4, -0.2) is 47.2 Å². The molecule has 122 valence electrons. The zero-order valence-corrected chi connectivity index (χ0v) is 12.6. The fourth-order valence-electron chi connectivity index (χ4n) is 3.02. The molecule has 1 fully saturated rings. The average molecular weight is 318 g/mol. The molecule has 0 aliphatic carbocycles. The summed E-state index contributed by atoms with van der Waals surface area (Å²) in [7, 11) is 0. The maximum Gasteiger partial charge on any atom is 0.414 e. The third-order valence-electron chi connectivity index (χ3n) is 4.21. The van der Waals surface area contributed by atoms with Crippen molar-refractivity contribution in [2.24, 2.45) is 0 Å². The summed E-state index contributed by atoms with van der Waals surface area (Å²) < 4.78 is 5.15. The Morgan fingerprint density at radius 2 is 2.04 bits per heavy atom. The molecule has 0 radical (unpaired) electrons. The number of aliphatic carboxylic acids is 1. The number of carboxylic acids is 1. The van der Waals surface area contributed by atoms with Gasteiger partial charge in [0.05, 0.1) is 18.2 Å². The number of rotatable bonds is 3. The molecule has 1 N–H and O–H groups in total. The second-order valence-electron chi connectivity index (χ2n) is 5.73. The molecular weight excluding hydrogens is 300 g/mol. The molecule has 23 heavy (non-hydrogen) atoms. The zero-order chi connectivity index (χ0) is 16.4. The highest BCUT2D eigenvalue weighted by Crippen LogP contribution is 2.31. The minimum Gasteiger partial charge on any atom is -0.481 e. The van der Waals surface area contributed by atoms with E-state index in [4.69, 9.17) is 9.84 Å². The first-order valence-electron chi connectivity index (χ1n) is 7.59. The number of cyclic esters (lactones) is 1. The van der Waals surface area contributed by atoms with Crippen molar-refractivity contribution in [1.29, 1.82) is 0 Å². The normalized spacial score (nSPS) is 20.2. The smallest absolute Gasteiger partial charge is 0.414 e. The number of anilines is 1. The van der Waals surface area contributed by atoms with Crippen LogP contribution >= 0.6 is 0 Å². The van der Waals surface area contributed by atoms with E-state index in [0.717, 1.165) is 11.3 Å². The average Bonchev–Trinajstić information content (AvgIpc) is 2.87. The molecule has 3 rings (SSSR count). The number of fused-ring (bicyclic) bond motifs is 3. The molecule has 7 heteroatoms. The summed E-state index contributed by atoms with van der Waals surface area (Å²) in [6, 6.07) is 7.33. The molecule has 2 amide bonds. The molecule has 0 spiro atoms. The Hall–Kier alpha value is -2.57. The summed E-state index contributed by atoms with van der Waals surface area (Å²) in [6.45, 7) is 1.15. The zero-order valence-electron chi connectivity index (χ0n) is 12.6. The van der Waals surface area contributed by atoms with E-state index in [2.05, 4.69) is 0 Å². The summed E-state index contributed by atoms with van der Waals surface area (Å²) in [5.74, 6) is -1.16. The maximum absolute atomic E-state index is 12.3. The van der Waals surface area contributed by atoms with E-state index in [1.807, 2.05) is 24.3 Å². The van der Waals surface area contributed by atoms with Gasteiger partial charge in [-0.1, -0.05) is 18.2 Å². The Morgan fingerprint density at radius 1 is 1.26 bits per heavy atom.